The Balaban J connectivity index is 1.29. The fraction of sp³-hybridized carbons (Fsp3) is 0.241. The van der Waals surface area contributed by atoms with Crippen LogP contribution in [-0.4, -0.2) is 11.2 Å². The largest absolute Gasteiger partial charge is 0.441 e. The lowest BCUT2D eigenvalue weighted by Crippen LogP contribution is -2.16. The quantitative estimate of drug-likeness (QED) is 0.323. The second-order valence-corrected chi connectivity index (χ2v) is 8.87. The number of hydrogen-bond donors (Lipinski definition) is 1. The molecule has 5 nitrogen and oxygen atoms in total. The van der Waals surface area contributed by atoms with E-state index < -0.39 is 6.09 Å². The third-order valence-corrected chi connectivity index (χ3v) is 6.62. The summed E-state index contributed by atoms with van der Waals surface area (Å²) in [6.07, 6.45) is 3.03. The molecule has 0 aliphatic heterocycles. The second-order valence-electron chi connectivity index (χ2n) is 8.87. The summed E-state index contributed by atoms with van der Waals surface area (Å²) in [6.45, 7) is 3.61. The van der Waals surface area contributed by atoms with E-state index in [1.807, 2.05) is 49.4 Å². The van der Waals surface area contributed by atoms with Crippen molar-refractivity contribution in [1.29, 1.82) is 0 Å². The van der Waals surface area contributed by atoms with Gasteiger partial charge in [-0.15, -0.1) is 0 Å². The zero-order valence-electron chi connectivity index (χ0n) is 19.5. The zero-order chi connectivity index (χ0) is 23.5. The molecule has 1 fully saturated rings. The van der Waals surface area contributed by atoms with Crippen molar-refractivity contribution in [2.24, 2.45) is 0 Å². The summed E-state index contributed by atoms with van der Waals surface area (Å²) in [5.74, 6) is 1.26. The molecule has 1 aliphatic rings. The molecule has 1 aromatic heterocycles. The van der Waals surface area contributed by atoms with Gasteiger partial charge in [-0.25, -0.2) is 4.79 Å². The summed E-state index contributed by atoms with van der Waals surface area (Å²) in [7, 11) is 0. The number of aromatic nitrogens is 1. The predicted molar refractivity (Wildman–Crippen MR) is 134 cm³/mol. The lowest BCUT2D eigenvalue weighted by Gasteiger charge is -2.25. The topological polar surface area (TPSA) is 64.4 Å². The van der Waals surface area contributed by atoms with E-state index in [1.165, 1.54) is 30.4 Å². The molecule has 34 heavy (non-hydrogen) atoms. The van der Waals surface area contributed by atoms with Gasteiger partial charge in [0.2, 0.25) is 0 Å². The molecule has 5 heteroatoms. The molecule has 1 atom stereocenters. The van der Waals surface area contributed by atoms with Gasteiger partial charge < -0.3 is 9.26 Å². The zero-order valence-corrected chi connectivity index (χ0v) is 19.5. The van der Waals surface area contributed by atoms with Crippen molar-refractivity contribution in [3.8, 4) is 22.4 Å². The molecule has 4 aromatic rings. The standard InChI is InChI=1S/C29H28N2O3/c1-19(21-7-4-3-5-8-21)33-29(32)30-27-20(2)34-31-28(27)26-17-15-25(16-18-26)24-13-11-23(12-14-24)22-9-6-10-22/h3-5,7-8,11-19,22H,6,9-10H2,1-2H3,(H,30,32)/t19-/m1/s1. The first-order valence-electron chi connectivity index (χ1n) is 11.8. The molecule has 0 bridgehead atoms. The minimum absolute atomic E-state index is 0.375. The normalized spacial score (nSPS) is 14.3. The van der Waals surface area contributed by atoms with E-state index in [0.29, 0.717) is 17.1 Å². The van der Waals surface area contributed by atoms with Gasteiger partial charge in [-0.05, 0) is 54.9 Å². The van der Waals surface area contributed by atoms with E-state index >= 15 is 0 Å². The van der Waals surface area contributed by atoms with Gasteiger partial charge in [-0.1, -0.05) is 90.4 Å². The van der Waals surface area contributed by atoms with Crippen molar-refractivity contribution in [1.82, 2.24) is 5.16 Å². The van der Waals surface area contributed by atoms with Crippen LogP contribution in [0.25, 0.3) is 22.4 Å². The number of hydrogen-bond acceptors (Lipinski definition) is 4. The van der Waals surface area contributed by atoms with Crippen LogP contribution in [0.5, 0.6) is 0 Å². The maximum atomic E-state index is 12.6. The number of carbonyl (C=O) groups excluding carboxylic acids is 1. The first-order chi connectivity index (χ1) is 16.6. The average Bonchev–Trinajstić information content (AvgIpc) is 3.19. The van der Waals surface area contributed by atoms with Gasteiger partial charge in [0.25, 0.3) is 0 Å². The van der Waals surface area contributed by atoms with Gasteiger partial charge in [0.05, 0.1) is 0 Å². The molecule has 0 radical (unpaired) electrons. The fourth-order valence-electron chi connectivity index (χ4n) is 4.31. The van der Waals surface area contributed by atoms with Crippen LogP contribution in [0, 0.1) is 6.92 Å². The van der Waals surface area contributed by atoms with Crippen LogP contribution in [0.1, 0.15) is 55.1 Å². The summed E-state index contributed by atoms with van der Waals surface area (Å²) < 4.78 is 10.9. The number of ether oxygens (including phenoxy) is 1. The number of benzene rings is 3. The average molecular weight is 453 g/mol. The molecule has 0 unspecified atom stereocenters. The molecule has 1 amide bonds. The Morgan fingerprint density at radius 1 is 0.941 bits per heavy atom. The smallest absolute Gasteiger partial charge is 0.412 e. The Hall–Kier alpha value is -3.86. The molecule has 1 N–H and O–H groups in total. The minimum Gasteiger partial charge on any atom is -0.441 e. The van der Waals surface area contributed by atoms with E-state index in [-0.39, 0.29) is 6.10 Å². The van der Waals surface area contributed by atoms with E-state index in [0.717, 1.165) is 22.6 Å². The van der Waals surface area contributed by atoms with Crippen LogP contribution >= 0.6 is 0 Å². The third-order valence-electron chi connectivity index (χ3n) is 6.62. The van der Waals surface area contributed by atoms with E-state index in [1.54, 1.807) is 6.92 Å². The number of carbonyl (C=O) groups is 1. The summed E-state index contributed by atoms with van der Waals surface area (Å²) in [5, 5.41) is 6.99. The van der Waals surface area contributed by atoms with Crippen LogP contribution in [0.4, 0.5) is 10.5 Å². The fourth-order valence-corrected chi connectivity index (χ4v) is 4.31. The van der Waals surface area contributed by atoms with Crippen molar-refractivity contribution in [2.45, 2.75) is 45.1 Å². The number of amides is 1. The lowest BCUT2D eigenvalue weighted by atomic mass is 9.80. The molecule has 1 saturated carbocycles. The number of nitrogens with one attached hydrogen (secondary N) is 1. The molecule has 1 aliphatic carbocycles. The van der Waals surface area contributed by atoms with Crippen LogP contribution in [0.2, 0.25) is 0 Å². The minimum atomic E-state index is -0.549. The molecular weight excluding hydrogens is 424 g/mol. The number of aryl methyl sites for hydroxylation is 1. The summed E-state index contributed by atoms with van der Waals surface area (Å²) in [4.78, 5) is 12.6. The first-order valence-corrected chi connectivity index (χ1v) is 11.8. The van der Waals surface area contributed by atoms with E-state index in [4.69, 9.17) is 9.26 Å². The number of nitrogens with zero attached hydrogens (tertiary/aromatic N) is 1. The highest BCUT2D eigenvalue weighted by atomic mass is 16.6. The molecule has 172 valence electrons. The van der Waals surface area contributed by atoms with Gasteiger partial charge >= 0.3 is 6.09 Å². The van der Waals surface area contributed by atoms with E-state index in [9.17, 15) is 4.79 Å². The van der Waals surface area contributed by atoms with Crippen molar-refractivity contribution >= 4 is 11.8 Å². The highest BCUT2D eigenvalue weighted by molar-refractivity contribution is 5.91. The molecular formula is C29H28N2O3. The monoisotopic (exact) mass is 452 g/mol. The highest BCUT2D eigenvalue weighted by Crippen LogP contribution is 2.37. The Morgan fingerprint density at radius 2 is 1.56 bits per heavy atom. The maximum Gasteiger partial charge on any atom is 0.412 e. The van der Waals surface area contributed by atoms with Gasteiger partial charge in [0.1, 0.15) is 17.5 Å². The van der Waals surface area contributed by atoms with Crippen LogP contribution in [-0.2, 0) is 4.74 Å². The number of anilines is 1. The van der Waals surface area contributed by atoms with E-state index in [2.05, 4.69) is 46.9 Å². The van der Waals surface area contributed by atoms with Crippen molar-refractivity contribution in [3.05, 3.63) is 95.7 Å². The number of rotatable bonds is 6. The first kappa shape index (κ1) is 22.0. The van der Waals surface area contributed by atoms with Crippen molar-refractivity contribution < 1.29 is 14.1 Å². The van der Waals surface area contributed by atoms with Crippen LogP contribution in [0.3, 0.4) is 0 Å². The van der Waals surface area contributed by atoms with Gasteiger partial charge in [-0.3, -0.25) is 5.32 Å². The Bertz CT molecular complexity index is 1260. The van der Waals surface area contributed by atoms with Crippen molar-refractivity contribution in [3.63, 3.8) is 0 Å². The van der Waals surface area contributed by atoms with Gasteiger partial charge in [0, 0.05) is 5.56 Å². The third kappa shape index (κ3) is 4.60. The molecule has 0 saturated heterocycles. The van der Waals surface area contributed by atoms with Gasteiger partial charge in [0.15, 0.2) is 5.76 Å². The van der Waals surface area contributed by atoms with Crippen LogP contribution < -0.4 is 5.32 Å². The van der Waals surface area contributed by atoms with Crippen molar-refractivity contribution in [2.75, 3.05) is 5.32 Å². The van der Waals surface area contributed by atoms with Crippen LogP contribution in [0.15, 0.2) is 83.4 Å². The second kappa shape index (κ2) is 9.56. The maximum absolute atomic E-state index is 12.6. The van der Waals surface area contributed by atoms with Gasteiger partial charge in [-0.2, -0.15) is 0 Å². The summed E-state index contributed by atoms with van der Waals surface area (Å²) in [5.41, 5.74) is 6.64. The molecule has 1 heterocycles. The molecule has 5 rings (SSSR count). The molecule has 0 spiro atoms. The summed E-state index contributed by atoms with van der Waals surface area (Å²) >= 11 is 0. The summed E-state index contributed by atoms with van der Waals surface area (Å²) in [6, 6.07) is 26.6. The SMILES string of the molecule is Cc1onc(-c2ccc(-c3ccc(C4CCC4)cc3)cc2)c1NC(=O)O[C@H](C)c1ccccc1. The lowest BCUT2D eigenvalue weighted by molar-refractivity contribution is 0.121. The highest BCUT2D eigenvalue weighted by Gasteiger charge is 2.21. The Labute approximate surface area is 199 Å². The Kier molecular flexibility index (Phi) is 6.17. The molecule has 3 aromatic carbocycles. The predicted octanol–water partition coefficient (Wildman–Crippen LogP) is 7.89. The Morgan fingerprint density at radius 3 is 2.18 bits per heavy atom.